The molecule has 1 amide bonds. The van der Waals surface area contributed by atoms with Gasteiger partial charge >= 0.3 is 0 Å². The van der Waals surface area contributed by atoms with Gasteiger partial charge in [-0.1, -0.05) is 12.1 Å². The van der Waals surface area contributed by atoms with E-state index in [1.807, 2.05) is 45.0 Å². The molecule has 0 saturated carbocycles. The van der Waals surface area contributed by atoms with Gasteiger partial charge in [-0.3, -0.25) is 4.79 Å². The highest BCUT2D eigenvalue weighted by atomic mass is 16.5. The zero-order valence-corrected chi connectivity index (χ0v) is 12.8. The number of benzene rings is 1. The molecule has 5 heteroatoms. The first kappa shape index (κ1) is 15.1. The number of anilines is 1. The van der Waals surface area contributed by atoms with E-state index < -0.39 is 6.10 Å². The number of ether oxygens (including phenoxy) is 1. The Labute approximate surface area is 124 Å². The van der Waals surface area contributed by atoms with Crippen LogP contribution >= 0.6 is 0 Å². The maximum atomic E-state index is 12.2. The number of nitrogens with zero attached hydrogens (tertiary/aromatic N) is 2. The van der Waals surface area contributed by atoms with E-state index in [1.54, 1.807) is 23.9 Å². The predicted octanol–water partition coefficient (Wildman–Crippen LogP) is 3.18. The number of nitrogens with one attached hydrogen (secondary N) is 1. The Morgan fingerprint density at radius 1 is 1.29 bits per heavy atom. The summed E-state index contributed by atoms with van der Waals surface area (Å²) in [7, 11) is 0. The van der Waals surface area contributed by atoms with Crippen molar-refractivity contribution in [2.24, 2.45) is 0 Å². The van der Waals surface area contributed by atoms with Crippen molar-refractivity contribution in [2.45, 2.75) is 39.8 Å². The molecule has 1 unspecified atom stereocenters. The van der Waals surface area contributed by atoms with Crippen molar-refractivity contribution in [2.75, 3.05) is 5.32 Å². The maximum Gasteiger partial charge on any atom is 0.266 e. The molecule has 0 aliphatic heterocycles. The second-order valence-corrected chi connectivity index (χ2v) is 5.32. The van der Waals surface area contributed by atoms with Crippen LogP contribution in [-0.2, 0) is 4.79 Å². The highest BCUT2D eigenvalue weighted by Gasteiger charge is 2.17. The van der Waals surface area contributed by atoms with Gasteiger partial charge in [0.2, 0.25) is 0 Å². The largest absolute Gasteiger partial charge is 0.481 e. The zero-order chi connectivity index (χ0) is 15.4. The van der Waals surface area contributed by atoms with Gasteiger partial charge in [-0.15, -0.1) is 0 Å². The Morgan fingerprint density at radius 2 is 2.05 bits per heavy atom. The molecule has 0 aliphatic rings. The van der Waals surface area contributed by atoms with Crippen molar-refractivity contribution in [1.29, 1.82) is 0 Å². The van der Waals surface area contributed by atoms with E-state index in [0.29, 0.717) is 11.6 Å². The van der Waals surface area contributed by atoms with E-state index in [1.165, 1.54) is 0 Å². The number of carbonyl (C=O) groups excluding carboxylic acids is 1. The first-order chi connectivity index (χ1) is 9.97. The number of aromatic nitrogens is 2. The minimum absolute atomic E-state index is 0.184. The summed E-state index contributed by atoms with van der Waals surface area (Å²) in [6, 6.07) is 9.60. The van der Waals surface area contributed by atoms with Crippen molar-refractivity contribution in [3.8, 4) is 5.75 Å². The summed E-state index contributed by atoms with van der Waals surface area (Å²) in [6.45, 7) is 7.73. The van der Waals surface area contributed by atoms with Crippen molar-refractivity contribution in [3.05, 3.63) is 42.1 Å². The highest BCUT2D eigenvalue weighted by molar-refractivity contribution is 5.93. The topological polar surface area (TPSA) is 56.1 Å². The third-order valence-corrected chi connectivity index (χ3v) is 3.08. The Morgan fingerprint density at radius 3 is 2.71 bits per heavy atom. The minimum Gasteiger partial charge on any atom is -0.481 e. The lowest BCUT2D eigenvalue weighted by molar-refractivity contribution is -0.122. The average molecular weight is 287 g/mol. The first-order valence-corrected chi connectivity index (χ1v) is 7.05. The summed E-state index contributed by atoms with van der Waals surface area (Å²) >= 11 is 0. The summed E-state index contributed by atoms with van der Waals surface area (Å²) in [6.07, 6.45) is 1.09. The molecule has 1 heterocycles. The third kappa shape index (κ3) is 3.84. The van der Waals surface area contributed by atoms with Crippen LogP contribution in [0.4, 0.5) is 5.82 Å². The molecule has 0 aliphatic carbocycles. The van der Waals surface area contributed by atoms with E-state index in [-0.39, 0.29) is 11.9 Å². The molecule has 2 rings (SSSR count). The van der Waals surface area contributed by atoms with Crippen LogP contribution in [-0.4, -0.2) is 21.8 Å². The first-order valence-electron chi connectivity index (χ1n) is 7.05. The van der Waals surface area contributed by atoms with Gasteiger partial charge in [0, 0.05) is 12.1 Å². The molecular formula is C16H21N3O2. The fourth-order valence-electron chi connectivity index (χ4n) is 2.00. The third-order valence-electron chi connectivity index (χ3n) is 3.08. The lowest BCUT2D eigenvalue weighted by Gasteiger charge is -2.16. The molecule has 0 bridgehead atoms. The molecule has 1 aromatic carbocycles. The summed E-state index contributed by atoms with van der Waals surface area (Å²) < 4.78 is 7.43. The smallest absolute Gasteiger partial charge is 0.266 e. The Bertz CT molecular complexity index is 619. The van der Waals surface area contributed by atoms with E-state index in [2.05, 4.69) is 10.4 Å². The summed E-state index contributed by atoms with van der Waals surface area (Å²) in [5, 5.41) is 7.03. The van der Waals surface area contributed by atoms with Gasteiger partial charge in [0.05, 0.1) is 6.20 Å². The van der Waals surface area contributed by atoms with Gasteiger partial charge in [0.25, 0.3) is 5.91 Å². The number of aryl methyl sites for hydroxylation is 1. The van der Waals surface area contributed by atoms with Gasteiger partial charge < -0.3 is 10.1 Å². The standard InChI is InChI=1S/C16H21N3O2/c1-11(2)19-15(8-9-17-19)18-16(20)13(4)21-14-7-5-6-12(3)10-14/h5-11,13H,1-4H3,(H,18,20). The van der Waals surface area contributed by atoms with Crippen LogP contribution in [0.3, 0.4) is 0 Å². The normalized spacial score (nSPS) is 12.2. The lowest BCUT2D eigenvalue weighted by atomic mass is 10.2. The fraction of sp³-hybridized carbons (Fsp3) is 0.375. The van der Waals surface area contributed by atoms with Gasteiger partial charge in [-0.2, -0.15) is 5.10 Å². The molecule has 112 valence electrons. The Hall–Kier alpha value is -2.30. The van der Waals surface area contributed by atoms with Gasteiger partial charge in [0.15, 0.2) is 6.10 Å². The number of carbonyl (C=O) groups is 1. The molecule has 5 nitrogen and oxygen atoms in total. The number of amides is 1. The second kappa shape index (κ2) is 6.43. The molecule has 1 aromatic heterocycles. The molecule has 2 aromatic rings. The van der Waals surface area contributed by atoms with Gasteiger partial charge in [-0.05, 0) is 45.4 Å². The monoisotopic (exact) mass is 287 g/mol. The van der Waals surface area contributed by atoms with Crippen LogP contribution in [0.15, 0.2) is 36.5 Å². The van der Waals surface area contributed by atoms with E-state index in [4.69, 9.17) is 4.74 Å². The van der Waals surface area contributed by atoms with Crippen molar-refractivity contribution >= 4 is 11.7 Å². The molecule has 0 spiro atoms. The van der Waals surface area contributed by atoms with Crippen LogP contribution in [0.25, 0.3) is 0 Å². The summed E-state index contributed by atoms with van der Waals surface area (Å²) in [5.41, 5.74) is 1.10. The average Bonchev–Trinajstić information content (AvgIpc) is 2.87. The highest BCUT2D eigenvalue weighted by Crippen LogP contribution is 2.16. The molecule has 1 N–H and O–H groups in total. The summed E-state index contributed by atoms with van der Waals surface area (Å²) in [5.74, 6) is 1.17. The molecule has 0 fully saturated rings. The molecule has 21 heavy (non-hydrogen) atoms. The van der Waals surface area contributed by atoms with Crippen LogP contribution < -0.4 is 10.1 Å². The van der Waals surface area contributed by atoms with Crippen molar-refractivity contribution in [1.82, 2.24) is 9.78 Å². The van der Waals surface area contributed by atoms with E-state index >= 15 is 0 Å². The zero-order valence-electron chi connectivity index (χ0n) is 12.8. The molecule has 0 saturated heterocycles. The van der Waals surface area contributed by atoms with Gasteiger partial charge in [-0.25, -0.2) is 4.68 Å². The van der Waals surface area contributed by atoms with Crippen LogP contribution in [0.1, 0.15) is 32.4 Å². The number of hydrogen-bond donors (Lipinski definition) is 1. The fourth-order valence-corrected chi connectivity index (χ4v) is 2.00. The Balaban J connectivity index is 2.01. The minimum atomic E-state index is -0.581. The van der Waals surface area contributed by atoms with Crippen LogP contribution in [0.5, 0.6) is 5.75 Å². The second-order valence-electron chi connectivity index (χ2n) is 5.32. The quantitative estimate of drug-likeness (QED) is 0.919. The van der Waals surface area contributed by atoms with Gasteiger partial charge in [0.1, 0.15) is 11.6 Å². The number of rotatable bonds is 5. The van der Waals surface area contributed by atoms with Crippen LogP contribution in [0.2, 0.25) is 0 Å². The Kier molecular flexibility index (Phi) is 4.62. The molecule has 1 atom stereocenters. The molecular weight excluding hydrogens is 266 g/mol. The maximum absolute atomic E-state index is 12.2. The van der Waals surface area contributed by atoms with Crippen molar-refractivity contribution in [3.63, 3.8) is 0 Å². The van der Waals surface area contributed by atoms with Crippen molar-refractivity contribution < 1.29 is 9.53 Å². The summed E-state index contributed by atoms with van der Waals surface area (Å²) in [4.78, 5) is 12.2. The van der Waals surface area contributed by atoms with E-state index in [0.717, 1.165) is 5.56 Å². The SMILES string of the molecule is Cc1cccc(OC(C)C(=O)Nc2ccnn2C(C)C)c1. The van der Waals surface area contributed by atoms with E-state index in [9.17, 15) is 4.79 Å². The lowest BCUT2D eigenvalue weighted by Crippen LogP contribution is -2.31. The number of hydrogen-bond acceptors (Lipinski definition) is 3. The van der Waals surface area contributed by atoms with Crippen LogP contribution in [0, 0.1) is 6.92 Å². The molecule has 0 radical (unpaired) electrons. The predicted molar refractivity (Wildman–Crippen MR) is 82.5 cm³/mol.